The topological polar surface area (TPSA) is 75.7 Å². The summed E-state index contributed by atoms with van der Waals surface area (Å²) >= 11 is 6.16. The molecule has 1 atom stereocenters. The number of ether oxygens (including phenoxy) is 1. The van der Waals surface area contributed by atoms with E-state index in [4.69, 9.17) is 16.3 Å². The molecular formula is C22H29ClN2O4S. The van der Waals surface area contributed by atoms with Gasteiger partial charge in [-0.15, -0.1) is 0 Å². The number of methoxy groups -OCH3 is 1. The van der Waals surface area contributed by atoms with Gasteiger partial charge in [0.05, 0.1) is 24.1 Å². The summed E-state index contributed by atoms with van der Waals surface area (Å²) in [6.07, 6.45) is 2.82. The van der Waals surface area contributed by atoms with E-state index in [-0.39, 0.29) is 5.02 Å². The van der Waals surface area contributed by atoms with Gasteiger partial charge in [0.2, 0.25) is 15.9 Å². The number of hydrogen-bond acceptors (Lipinski definition) is 4. The Kier molecular flexibility index (Phi) is 8.15. The van der Waals surface area contributed by atoms with E-state index in [1.165, 1.54) is 18.7 Å². The summed E-state index contributed by atoms with van der Waals surface area (Å²) in [6, 6.07) is 9.91. The molecule has 0 spiro atoms. The second-order valence-corrected chi connectivity index (χ2v) is 9.35. The van der Waals surface area contributed by atoms with Gasteiger partial charge in [-0.25, -0.2) is 8.42 Å². The van der Waals surface area contributed by atoms with E-state index in [0.29, 0.717) is 18.0 Å². The van der Waals surface area contributed by atoms with Gasteiger partial charge in [0, 0.05) is 6.54 Å². The smallest absolute Gasteiger partial charge is 0.243 e. The maximum atomic E-state index is 12.9. The summed E-state index contributed by atoms with van der Waals surface area (Å²) in [5.74, 6) is 0.0326. The molecule has 0 bridgehead atoms. The van der Waals surface area contributed by atoms with E-state index in [2.05, 4.69) is 37.4 Å². The molecule has 0 aliphatic rings. The van der Waals surface area contributed by atoms with E-state index < -0.39 is 22.0 Å². The summed E-state index contributed by atoms with van der Waals surface area (Å²) in [5, 5.41) is 3.15. The van der Waals surface area contributed by atoms with Crippen LogP contribution >= 0.6 is 11.6 Å². The highest BCUT2D eigenvalue weighted by Gasteiger charge is 2.29. The van der Waals surface area contributed by atoms with Crippen LogP contribution in [0.1, 0.15) is 37.5 Å². The fourth-order valence-electron chi connectivity index (χ4n) is 3.34. The summed E-state index contributed by atoms with van der Waals surface area (Å²) < 4.78 is 31.1. The fourth-order valence-corrected chi connectivity index (χ4v) is 4.76. The van der Waals surface area contributed by atoms with Crippen LogP contribution in [0.3, 0.4) is 0 Å². The van der Waals surface area contributed by atoms with Crippen LogP contribution in [0, 0.1) is 0 Å². The number of nitrogens with one attached hydrogen (secondary N) is 1. The fraction of sp³-hybridized carbons (Fsp3) is 0.409. The molecule has 0 unspecified atom stereocenters. The van der Waals surface area contributed by atoms with E-state index >= 15 is 0 Å². The molecule has 30 heavy (non-hydrogen) atoms. The molecule has 1 amide bonds. The minimum atomic E-state index is -3.73. The second kappa shape index (κ2) is 10.2. The predicted molar refractivity (Wildman–Crippen MR) is 122 cm³/mol. The number of sulfonamides is 1. The van der Waals surface area contributed by atoms with Crippen molar-refractivity contribution in [2.75, 3.05) is 17.7 Å². The van der Waals surface area contributed by atoms with E-state index in [0.717, 1.165) is 34.5 Å². The molecule has 2 aromatic carbocycles. The van der Waals surface area contributed by atoms with Crippen LogP contribution in [0.25, 0.3) is 0 Å². The average molecular weight is 453 g/mol. The monoisotopic (exact) mass is 452 g/mol. The SMILES string of the molecule is CCc1ccc(CC)c(CNC(=O)[C@H](C)N(c2ccc(OC)c(Cl)c2)S(C)(=O)=O)c1. The Hall–Kier alpha value is -2.25. The largest absolute Gasteiger partial charge is 0.495 e. The highest BCUT2D eigenvalue weighted by Crippen LogP contribution is 2.31. The first-order valence-electron chi connectivity index (χ1n) is 9.83. The quantitative estimate of drug-likeness (QED) is 0.625. The van der Waals surface area contributed by atoms with E-state index in [9.17, 15) is 13.2 Å². The van der Waals surface area contributed by atoms with Crippen molar-refractivity contribution in [1.29, 1.82) is 0 Å². The Labute approximate surface area is 184 Å². The van der Waals surface area contributed by atoms with E-state index in [1.807, 2.05) is 0 Å². The van der Waals surface area contributed by atoms with Crippen molar-refractivity contribution in [1.82, 2.24) is 5.32 Å². The molecule has 0 aromatic heterocycles. The average Bonchev–Trinajstić information content (AvgIpc) is 2.70. The summed E-state index contributed by atoms with van der Waals surface area (Å²) in [6.45, 7) is 6.03. The molecule has 0 heterocycles. The lowest BCUT2D eigenvalue weighted by Gasteiger charge is -2.28. The van der Waals surface area contributed by atoms with Crippen molar-refractivity contribution < 1.29 is 17.9 Å². The molecule has 6 nitrogen and oxygen atoms in total. The van der Waals surface area contributed by atoms with Gasteiger partial charge in [-0.3, -0.25) is 9.10 Å². The molecule has 0 saturated carbocycles. The van der Waals surface area contributed by atoms with Crippen molar-refractivity contribution in [3.8, 4) is 5.75 Å². The van der Waals surface area contributed by atoms with Gasteiger partial charge in [0.1, 0.15) is 11.8 Å². The van der Waals surface area contributed by atoms with Crippen molar-refractivity contribution in [2.24, 2.45) is 0 Å². The molecule has 8 heteroatoms. The van der Waals surface area contributed by atoms with Gasteiger partial charge >= 0.3 is 0 Å². The first kappa shape index (κ1) is 24.0. The predicted octanol–water partition coefficient (Wildman–Crippen LogP) is 3.94. The third kappa shape index (κ3) is 5.67. The van der Waals surface area contributed by atoms with Gasteiger partial charge in [-0.05, 0) is 54.7 Å². The zero-order chi connectivity index (χ0) is 22.5. The lowest BCUT2D eigenvalue weighted by molar-refractivity contribution is -0.122. The highest BCUT2D eigenvalue weighted by atomic mass is 35.5. The summed E-state index contributed by atoms with van der Waals surface area (Å²) in [5.41, 5.74) is 3.68. The number of rotatable bonds is 9. The molecular weight excluding hydrogens is 424 g/mol. The number of amides is 1. The van der Waals surface area contributed by atoms with Crippen molar-refractivity contribution >= 4 is 33.2 Å². The third-order valence-corrected chi connectivity index (χ3v) is 6.53. The van der Waals surface area contributed by atoms with Crippen molar-refractivity contribution in [2.45, 2.75) is 46.2 Å². The van der Waals surface area contributed by atoms with Crippen LogP contribution in [0.5, 0.6) is 5.75 Å². The molecule has 0 radical (unpaired) electrons. The summed E-state index contributed by atoms with van der Waals surface area (Å²) in [7, 11) is -2.26. The maximum Gasteiger partial charge on any atom is 0.243 e. The molecule has 1 N–H and O–H groups in total. The second-order valence-electron chi connectivity index (χ2n) is 7.08. The van der Waals surface area contributed by atoms with Gasteiger partial charge in [-0.1, -0.05) is 43.6 Å². The minimum absolute atomic E-state index is 0.264. The number of carbonyl (C=O) groups excluding carboxylic acids is 1. The number of anilines is 1. The van der Waals surface area contributed by atoms with Crippen LogP contribution in [0.15, 0.2) is 36.4 Å². The Balaban J connectivity index is 2.26. The molecule has 0 fully saturated rings. The number of hydrogen-bond donors (Lipinski definition) is 1. The van der Waals surface area contributed by atoms with Gasteiger partial charge < -0.3 is 10.1 Å². The number of carbonyl (C=O) groups is 1. The Morgan fingerprint density at radius 3 is 2.37 bits per heavy atom. The lowest BCUT2D eigenvalue weighted by Crippen LogP contribution is -2.47. The lowest BCUT2D eigenvalue weighted by atomic mass is 10.0. The normalized spacial score (nSPS) is 12.3. The number of aryl methyl sites for hydroxylation is 2. The van der Waals surface area contributed by atoms with Crippen LogP contribution in [0.4, 0.5) is 5.69 Å². The minimum Gasteiger partial charge on any atom is -0.495 e. The van der Waals surface area contributed by atoms with Crippen LogP contribution in [-0.4, -0.2) is 33.7 Å². The zero-order valence-corrected chi connectivity index (χ0v) is 19.6. The van der Waals surface area contributed by atoms with Crippen molar-refractivity contribution in [3.05, 3.63) is 58.1 Å². The molecule has 0 aliphatic carbocycles. The van der Waals surface area contributed by atoms with E-state index in [1.54, 1.807) is 19.1 Å². The van der Waals surface area contributed by atoms with Crippen LogP contribution in [0.2, 0.25) is 5.02 Å². The first-order valence-corrected chi connectivity index (χ1v) is 12.1. The standard InChI is InChI=1S/C22H29ClN2O4S/c1-6-16-8-9-17(7-2)18(12-16)14-24-22(26)15(3)25(30(5,27)28)19-10-11-21(29-4)20(23)13-19/h8-13,15H,6-7,14H2,1-5H3,(H,24,26)/t15-/m0/s1. The number of benzene rings is 2. The van der Waals surface area contributed by atoms with Crippen molar-refractivity contribution in [3.63, 3.8) is 0 Å². The number of halogens is 1. The number of nitrogens with zero attached hydrogens (tertiary/aromatic N) is 1. The highest BCUT2D eigenvalue weighted by molar-refractivity contribution is 7.92. The van der Waals surface area contributed by atoms with Gasteiger partial charge in [-0.2, -0.15) is 0 Å². The molecule has 0 aliphatic heterocycles. The molecule has 164 valence electrons. The summed E-state index contributed by atoms with van der Waals surface area (Å²) in [4.78, 5) is 12.9. The maximum absolute atomic E-state index is 12.9. The Bertz CT molecular complexity index is 1010. The Morgan fingerprint density at radius 1 is 1.13 bits per heavy atom. The first-order chi connectivity index (χ1) is 14.1. The van der Waals surface area contributed by atoms with Gasteiger partial charge in [0.15, 0.2) is 0 Å². The molecule has 0 saturated heterocycles. The zero-order valence-electron chi connectivity index (χ0n) is 18.0. The molecule has 2 rings (SSSR count). The van der Waals surface area contributed by atoms with Crippen LogP contribution < -0.4 is 14.4 Å². The third-order valence-electron chi connectivity index (χ3n) is 4.99. The van der Waals surface area contributed by atoms with Gasteiger partial charge in [0.25, 0.3) is 0 Å². The van der Waals surface area contributed by atoms with Crippen LogP contribution in [-0.2, 0) is 34.2 Å². The Morgan fingerprint density at radius 2 is 1.83 bits per heavy atom. The molecule has 2 aromatic rings.